The van der Waals surface area contributed by atoms with Crippen LogP contribution in [-0.2, 0) is 10.0 Å². The van der Waals surface area contributed by atoms with Gasteiger partial charge in [0.1, 0.15) is 5.82 Å². The largest absolute Gasteiger partial charge is 0.373 e. The summed E-state index contributed by atoms with van der Waals surface area (Å²) in [5, 5.41) is 2.19. The van der Waals surface area contributed by atoms with Crippen molar-refractivity contribution in [3.05, 3.63) is 46.3 Å². The van der Waals surface area contributed by atoms with Gasteiger partial charge in [0.05, 0.1) is 20.6 Å². The maximum Gasteiger partial charge on any atom is 0.262 e. The number of nitrogens with zero attached hydrogens (tertiary/aromatic N) is 1. The highest BCUT2D eigenvalue weighted by atomic mass is 35.5. The minimum atomic E-state index is -3.86. The van der Waals surface area contributed by atoms with Crippen LogP contribution in [0, 0.1) is 5.82 Å². The van der Waals surface area contributed by atoms with Gasteiger partial charge in [-0.3, -0.25) is 4.72 Å². The molecular weight excluding hydrogens is 340 g/mol. The molecule has 0 radical (unpaired) electrons. The van der Waals surface area contributed by atoms with Crippen molar-refractivity contribution in [2.45, 2.75) is 4.90 Å². The summed E-state index contributed by atoms with van der Waals surface area (Å²) < 4.78 is 40.0. The lowest BCUT2D eigenvalue weighted by Crippen LogP contribution is -2.13. The van der Waals surface area contributed by atoms with E-state index in [-0.39, 0.29) is 20.6 Å². The number of anilines is 2. The highest BCUT2D eigenvalue weighted by Gasteiger charge is 2.17. The lowest BCUT2D eigenvalue weighted by Gasteiger charge is -2.10. The van der Waals surface area contributed by atoms with E-state index in [2.05, 4.69) is 15.0 Å². The molecule has 0 saturated carbocycles. The summed E-state index contributed by atoms with van der Waals surface area (Å²) in [6.07, 6.45) is 1.35. The Labute approximate surface area is 131 Å². The molecule has 0 unspecified atom stereocenters. The molecule has 0 fully saturated rings. The summed E-state index contributed by atoms with van der Waals surface area (Å²) in [6, 6.07) is 4.96. The lowest BCUT2D eigenvalue weighted by atomic mass is 10.3. The summed E-state index contributed by atoms with van der Waals surface area (Å²) in [7, 11) is -2.25. The minimum absolute atomic E-state index is 0.00146. The van der Waals surface area contributed by atoms with Crippen molar-refractivity contribution >= 4 is 44.7 Å². The number of hydrogen-bond acceptors (Lipinski definition) is 4. The molecule has 1 aromatic carbocycles. The van der Waals surface area contributed by atoms with Crippen molar-refractivity contribution in [1.29, 1.82) is 0 Å². The standard InChI is InChI=1S/C12H10Cl2FN3O2S/c1-16-11-6-8(2-3-17-11)21(19,20)18-7-4-9(13)12(15)10(14)5-7/h2-6,18H,1H3,(H,16,17). The summed E-state index contributed by atoms with van der Waals surface area (Å²) in [4.78, 5) is 3.92. The van der Waals surface area contributed by atoms with Crippen LogP contribution in [-0.4, -0.2) is 20.4 Å². The van der Waals surface area contributed by atoms with Crippen molar-refractivity contribution in [2.75, 3.05) is 17.1 Å². The first-order valence-corrected chi connectivity index (χ1v) is 7.88. The molecule has 2 aromatic rings. The molecule has 2 N–H and O–H groups in total. The average Bonchev–Trinajstić information content (AvgIpc) is 2.44. The Bertz CT molecular complexity index is 761. The van der Waals surface area contributed by atoms with E-state index in [4.69, 9.17) is 23.2 Å². The zero-order chi connectivity index (χ0) is 15.6. The van der Waals surface area contributed by atoms with Gasteiger partial charge < -0.3 is 5.32 Å². The van der Waals surface area contributed by atoms with Gasteiger partial charge in [-0.05, 0) is 18.2 Å². The maximum atomic E-state index is 13.3. The number of sulfonamides is 1. The lowest BCUT2D eigenvalue weighted by molar-refractivity contribution is 0.601. The van der Waals surface area contributed by atoms with Crippen LogP contribution in [0.2, 0.25) is 10.0 Å². The topological polar surface area (TPSA) is 71.1 Å². The predicted molar refractivity (Wildman–Crippen MR) is 81.0 cm³/mol. The average molecular weight is 350 g/mol. The second-order valence-electron chi connectivity index (χ2n) is 3.99. The third-order valence-electron chi connectivity index (χ3n) is 2.53. The van der Waals surface area contributed by atoms with Crippen LogP contribution < -0.4 is 10.0 Å². The van der Waals surface area contributed by atoms with Gasteiger partial charge in [0.25, 0.3) is 10.0 Å². The van der Waals surface area contributed by atoms with Crippen LogP contribution in [0.1, 0.15) is 0 Å². The van der Waals surface area contributed by atoms with Crippen molar-refractivity contribution in [3.8, 4) is 0 Å². The second-order valence-corrected chi connectivity index (χ2v) is 6.48. The van der Waals surface area contributed by atoms with Gasteiger partial charge in [-0.15, -0.1) is 0 Å². The molecule has 9 heteroatoms. The third-order valence-corrected chi connectivity index (χ3v) is 4.46. The van der Waals surface area contributed by atoms with E-state index in [9.17, 15) is 12.8 Å². The van der Waals surface area contributed by atoms with Crippen LogP contribution in [0.15, 0.2) is 35.4 Å². The van der Waals surface area contributed by atoms with E-state index in [0.717, 1.165) is 12.1 Å². The molecule has 5 nitrogen and oxygen atoms in total. The van der Waals surface area contributed by atoms with Crippen molar-refractivity contribution in [3.63, 3.8) is 0 Å². The maximum absolute atomic E-state index is 13.3. The number of benzene rings is 1. The molecule has 0 bridgehead atoms. The number of halogens is 3. The fourth-order valence-corrected chi connectivity index (χ4v) is 3.08. The van der Waals surface area contributed by atoms with Gasteiger partial charge in [0, 0.05) is 19.3 Å². The van der Waals surface area contributed by atoms with E-state index < -0.39 is 15.8 Å². The molecular formula is C12H10Cl2FN3O2S. The molecule has 1 aromatic heterocycles. The molecule has 112 valence electrons. The van der Waals surface area contributed by atoms with Gasteiger partial charge in [-0.25, -0.2) is 17.8 Å². The van der Waals surface area contributed by atoms with Crippen molar-refractivity contribution < 1.29 is 12.8 Å². The van der Waals surface area contributed by atoms with Crippen molar-refractivity contribution in [1.82, 2.24) is 4.98 Å². The molecule has 1 heterocycles. The number of hydrogen-bond donors (Lipinski definition) is 2. The van der Waals surface area contributed by atoms with E-state index in [1.165, 1.54) is 18.3 Å². The Morgan fingerprint density at radius 1 is 1.19 bits per heavy atom. The first kappa shape index (κ1) is 15.8. The highest BCUT2D eigenvalue weighted by molar-refractivity contribution is 7.92. The molecule has 0 atom stereocenters. The number of aromatic nitrogens is 1. The Morgan fingerprint density at radius 3 is 2.38 bits per heavy atom. The summed E-state index contributed by atoms with van der Waals surface area (Å²) in [6.45, 7) is 0. The minimum Gasteiger partial charge on any atom is -0.373 e. The Kier molecular flexibility index (Phi) is 4.55. The van der Waals surface area contributed by atoms with Crippen LogP contribution in [0.25, 0.3) is 0 Å². The molecule has 0 amide bonds. The van der Waals surface area contributed by atoms with Crippen molar-refractivity contribution in [2.24, 2.45) is 0 Å². The Morgan fingerprint density at radius 2 is 1.81 bits per heavy atom. The fourth-order valence-electron chi connectivity index (χ4n) is 1.54. The highest BCUT2D eigenvalue weighted by Crippen LogP contribution is 2.28. The fraction of sp³-hybridized carbons (Fsp3) is 0.0833. The molecule has 0 aliphatic carbocycles. The van der Waals surface area contributed by atoms with Gasteiger partial charge in [-0.1, -0.05) is 23.2 Å². The Balaban J connectivity index is 2.37. The summed E-state index contributed by atoms with van der Waals surface area (Å²) in [5.41, 5.74) is 0.0641. The number of nitrogens with one attached hydrogen (secondary N) is 2. The van der Waals surface area contributed by atoms with Crippen LogP contribution in [0.4, 0.5) is 15.9 Å². The monoisotopic (exact) mass is 349 g/mol. The van der Waals surface area contributed by atoms with E-state index in [1.807, 2.05) is 0 Å². The number of pyridine rings is 1. The van der Waals surface area contributed by atoms with Crippen LogP contribution in [0.3, 0.4) is 0 Å². The molecule has 21 heavy (non-hydrogen) atoms. The predicted octanol–water partition coefficient (Wildman–Crippen LogP) is 3.37. The van der Waals surface area contributed by atoms with Crippen LogP contribution >= 0.6 is 23.2 Å². The van der Waals surface area contributed by atoms with Gasteiger partial charge in [0.2, 0.25) is 0 Å². The van der Waals surface area contributed by atoms with Crippen LogP contribution in [0.5, 0.6) is 0 Å². The third kappa shape index (κ3) is 3.55. The molecule has 0 aliphatic heterocycles. The van der Waals surface area contributed by atoms with Gasteiger partial charge in [0.15, 0.2) is 5.82 Å². The molecule has 2 rings (SSSR count). The summed E-state index contributed by atoms with van der Waals surface area (Å²) >= 11 is 11.3. The van der Waals surface area contributed by atoms with E-state index in [1.54, 1.807) is 7.05 Å². The van der Waals surface area contributed by atoms with E-state index in [0.29, 0.717) is 5.82 Å². The van der Waals surface area contributed by atoms with E-state index >= 15 is 0 Å². The zero-order valence-electron chi connectivity index (χ0n) is 10.7. The second kappa shape index (κ2) is 6.05. The first-order valence-electron chi connectivity index (χ1n) is 5.64. The van der Waals surface area contributed by atoms with Gasteiger partial charge >= 0.3 is 0 Å². The number of rotatable bonds is 4. The molecule has 0 spiro atoms. The zero-order valence-corrected chi connectivity index (χ0v) is 13.0. The molecule has 0 aliphatic rings. The summed E-state index contributed by atoms with van der Waals surface area (Å²) in [5.74, 6) is -0.407. The molecule has 0 saturated heterocycles. The SMILES string of the molecule is CNc1cc(S(=O)(=O)Nc2cc(Cl)c(F)c(Cl)c2)ccn1. The van der Waals surface area contributed by atoms with Gasteiger partial charge in [-0.2, -0.15) is 0 Å². The normalized spacial score (nSPS) is 11.2. The quantitative estimate of drug-likeness (QED) is 0.830. The first-order chi connectivity index (χ1) is 9.83. The smallest absolute Gasteiger partial charge is 0.262 e. The Hall–Kier alpha value is -1.57.